The molecule has 4 N–H and O–H groups in total. The lowest BCUT2D eigenvalue weighted by atomic mass is 9.73. The van der Waals surface area contributed by atoms with Crippen molar-refractivity contribution in [3.8, 4) is 23.1 Å². The highest BCUT2D eigenvalue weighted by Gasteiger charge is 2.46. The van der Waals surface area contributed by atoms with E-state index in [4.69, 9.17) is 15.2 Å². The molecular weight excluding hydrogens is 550 g/mol. The van der Waals surface area contributed by atoms with Crippen molar-refractivity contribution in [1.82, 2.24) is 14.5 Å². The number of aliphatic hydroxyl groups is 1. The highest BCUT2D eigenvalue weighted by atomic mass is 19.3. The third kappa shape index (κ3) is 6.33. The number of nitrogen functional groups attached to an aromatic ring is 1. The number of ether oxygens (including phenoxy) is 2. The Bertz CT molecular complexity index is 1490. The third-order valence-electron chi connectivity index (χ3n) is 8.19. The molecule has 3 aromatic rings. The predicted octanol–water partition coefficient (Wildman–Crippen LogP) is 3.90. The van der Waals surface area contributed by atoms with E-state index in [1.54, 1.807) is 29.2 Å². The second-order valence-electron chi connectivity index (χ2n) is 11.1. The molecule has 1 saturated carbocycles. The number of halogens is 2. The number of piperidine rings is 1. The van der Waals surface area contributed by atoms with Crippen LogP contribution in [0.15, 0.2) is 59.7 Å². The molecule has 1 aliphatic heterocycles. The number of carbonyl (C=O) groups is 1. The van der Waals surface area contributed by atoms with Gasteiger partial charge in [-0.1, -0.05) is 30.3 Å². The number of carbonyl (C=O) groups excluding carboxylic acids is 1. The van der Waals surface area contributed by atoms with Gasteiger partial charge in [0, 0.05) is 56.0 Å². The number of aromatic nitrogens is 2. The number of benzene rings is 2. The average molecular weight is 585 g/mol. The van der Waals surface area contributed by atoms with Crippen molar-refractivity contribution in [2.75, 3.05) is 25.9 Å². The Kier molecular flexibility index (Phi) is 8.09. The molecule has 42 heavy (non-hydrogen) atoms. The molecule has 0 radical (unpaired) electrons. The lowest BCUT2D eigenvalue weighted by Crippen LogP contribution is -2.52. The van der Waals surface area contributed by atoms with Gasteiger partial charge in [0.2, 0.25) is 17.7 Å². The van der Waals surface area contributed by atoms with E-state index in [0.29, 0.717) is 5.75 Å². The number of methoxy groups -OCH3 is 1. The van der Waals surface area contributed by atoms with Gasteiger partial charge in [0.15, 0.2) is 5.69 Å². The van der Waals surface area contributed by atoms with Gasteiger partial charge in [-0.2, -0.15) is 0 Å². The van der Waals surface area contributed by atoms with E-state index < -0.39 is 28.9 Å². The molecule has 5 rings (SSSR count). The van der Waals surface area contributed by atoms with E-state index >= 15 is 0 Å². The molecule has 12 heteroatoms. The SMILES string of the molecule is COc1cc(O)cc(Oc2ncn(CC3(O)CCN(C(=O)[C@@H]4CCC(F)(F)C[C@H]4c4ccccc4)CC3)c(=O)c2N)c1. The number of aromatic hydroxyl groups is 1. The van der Waals surface area contributed by atoms with E-state index in [1.807, 2.05) is 6.07 Å². The number of hydrogen-bond acceptors (Lipinski definition) is 8. The normalized spacial score (nSPS) is 21.5. The lowest BCUT2D eigenvalue weighted by Gasteiger charge is -2.42. The van der Waals surface area contributed by atoms with Crippen LogP contribution in [0.5, 0.6) is 23.1 Å². The van der Waals surface area contributed by atoms with Gasteiger partial charge in [-0.05, 0) is 24.8 Å². The van der Waals surface area contributed by atoms with Gasteiger partial charge in [-0.25, -0.2) is 13.8 Å². The minimum absolute atomic E-state index is 0.0936. The maximum absolute atomic E-state index is 14.3. The first kappa shape index (κ1) is 29.3. The fraction of sp³-hybridized carbons (Fsp3) is 0.433. The van der Waals surface area contributed by atoms with Crippen LogP contribution in [0.25, 0.3) is 0 Å². The van der Waals surface area contributed by atoms with Crippen LogP contribution in [0.1, 0.15) is 43.6 Å². The largest absolute Gasteiger partial charge is 0.508 e. The summed E-state index contributed by atoms with van der Waals surface area (Å²) in [6.07, 6.45) is 0.977. The molecule has 2 heterocycles. The molecule has 0 spiro atoms. The Labute approximate surface area is 241 Å². The van der Waals surface area contributed by atoms with Gasteiger partial charge in [0.25, 0.3) is 5.56 Å². The summed E-state index contributed by atoms with van der Waals surface area (Å²) < 4.78 is 40.6. The molecule has 224 valence electrons. The predicted molar refractivity (Wildman–Crippen MR) is 150 cm³/mol. The van der Waals surface area contributed by atoms with Crippen LogP contribution in [0.2, 0.25) is 0 Å². The Morgan fingerprint density at radius 2 is 1.81 bits per heavy atom. The molecule has 0 unspecified atom stereocenters. The van der Waals surface area contributed by atoms with Gasteiger partial charge in [0.05, 0.1) is 19.3 Å². The summed E-state index contributed by atoms with van der Waals surface area (Å²) >= 11 is 0. The quantitative estimate of drug-likeness (QED) is 0.380. The highest BCUT2D eigenvalue weighted by Crippen LogP contribution is 2.46. The summed E-state index contributed by atoms with van der Waals surface area (Å²) in [5.74, 6) is -3.94. The van der Waals surface area contributed by atoms with Crippen LogP contribution >= 0.6 is 0 Å². The summed E-state index contributed by atoms with van der Waals surface area (Å²) in [4.78, 5) is 32.3. The second-order valence-corrected chi connectivity index (χ2v) is 11.1. The Morgan fingerprint density at radius 1 is 1.12 bits per heavy atom. The molecule has 1 aromatic heterocycles. The molecule has 1 aliphatic carbocycles. The molecular formula is C30H34F2N4O6. The minimum atomic E-state index is -2.82. The molecule has 2 aromatic carbocycles. The fourth-order valence-corrected chi connectivity index (χ4v) is 5.86. The van der Waals surface area contributed by atoms with Crippen molar-refractivity contribution in [2.45, 2.75) is 56.1 Å². The van der Waals surface area contributed by atoms with Gasteiger partial charge in [0.1, 0.15) is 23.6 Å². The summed E-state index contributed by atoms with van der Waals surface area (Å²) in [5.41, 5.74) is 4.53. The maximum Gasteiger partial charge on any atom is 0.280 e. The van der Waals surface area contributed by atoms with Crippen molar-refractivity contribution in [2.24, 2.45) is 5.92 Å². The molecule has 2 atom stereocenters. The summed E-state index contributed by atoms with van der Waals surface area (Å²) in [5, 5.41) is 21.1. The maximum atomic E-state index is 14.3. The van der Waals surface area contributed by atoms with Crippen molar-refractivity contribution in [1.29, 1.82) is 0 Å². The molecule has 2 aliphatic rings. The zero-order valence-corrected chi connectivity index (χ0v) is 23.2. The van der Waals surface area contributed by atoms with Crippen molar-refractivity contribution in [3.05, 3.63) is 70.8 Å². The second kappa shape index (κ2) is 11.6. The third-order valence-corrected chi connectivity index (χ3v) is 8.19. The highest BCUT2D eigenvalue weighted by molar-refractivity contribution is 5.80. The van der Waals surface area contributed by atoms with E-state index in [2.05, 4.69) is 4.98 Å². The number of anilines is 1. The fourth-order valence-electron chi connectivity index (χ4n) is 5.86. The minimum Gasteiger partial charge on any atom is -0.508 e. The van der Waals surface area contributed by atoms with Crippen LogP contribution in [-0.4, -0.2) is 62.3 Å². The number of phenolic OH excluding ortho intramolecular Hbond substituents is 1. The summed E-state index contributed by atoms with van der Waals surface area (Å²) in [6, 6.07) is 13.2. The summed E-state index contributed by atoms with van der Waals surface area (Å²) in [6.45, 7) is 0.345. The van der Waals surface area contributed by atoms with Crippen molar-refractivity contribution >= 4 is 11.6 Å². The number of alkyl halides is 2. The van der Waals surface area contributed by atoms with Crippen LogP contribution in [0.3, 0.4) is 0 Å². The number of amides is 1. The number of likely N-dealkylation sites (tertiary alicyclic amines) is 1. The zero-order chi connectivity index (χ0) is 30.1. The Hall–Kier alpha value is -4.19. The number of phenols is 1. The Morgan fingerprint density at radius 3 is 2.50 bits per heavy atom. The number of hydrogen-bond donors (Lipinski definition) is 3. The smallest absolute Gasteiger partial charge is 0.280 e. The van der Waals surface area contributed by atoms with Crippen molar-refractivity contribution < 1.29 is 33.3 Å². The van der Waals surface area contributed by atoms with Crippen molar-refractivity contribution in [3.63, 3.8) is 0 Å². The number of nitrogens with zero attached hydrogens (tertiary/aromatic N) is 3. The van der Waals surface area contributed by atoms with Gasteiger partial charge >= 0.3 is 0 Å². The number of nitrogens with two attached hydrogens (primary N) is 1. The molecule has 2 fully saturated rings. The topological polar surface area (TPSA) is 140 Å². The van der Waals surface area contributed by atoms with Crippen LogP contribution < -0.4 is 20.8 Å². The Balaban J connectivity index is 1.25. The van der Waals surface area contributed by atoms with Gasteiger partial charge in [-0.3, -0.25) is 14.2 Å². The van der Waals surface area contributed by atoms with E-state index in [0.717, 1.165) is 5.56 Å². The van der Waals surface area contributed by atoms with Crippen LogP contribution in [0, 0.1) is 5.92 Å². The lowest BCUT2D eigenvalue weighted by molar-refractivity contribution is -0.145. The number of rotatable bonds is 7. The first-order valence-corrected chi connectivity index (χ1v) is 13.8. The molecule has 1 saturated heterocycles. The standard InChI is InChI=1S/C30H34F2N4O6/c1-41-21-13-20(37)14-22(15-21)42-26-25(33)28(39)36(18-34-26)17-29(40)9-11-35(12-10-29)27(38)23-7-8-30(31,32)16-24(23)19-5-3-2-4-6-19/h2-6,13-15,18,23-24,37,40H,7-12,16-17,33H2,1H3/t23-,24+/m1/s1. The average Bonchev–Trinajstić information content (AvgIpc) is 2.97. The summed E-state index contributed by atoms with van der Waals surface area (Å²) in [7, 11) is 1.43. The molecule has 0 bridgehead atoms. The van der Waals surface area contributed by atoms with Crippen LogP contribution in [-0.2, 0) is 11.3 Å². The van der Waals surface area contributed by atoms with E-state index in [9.17, 15) is 28.6 Å². The molecule has 1 amide bonds. The zero-order valence-electron chi connectivity index (χ0n) is 23.2. The van der Waals surface area contributed by atoms with E-state index in [1.165, 1.54) is 36.2 Å². The first-order valence-electron chi connectivity index (χ1n) is 13.8. The van der Waals surface area contributed by atoms with Crippen LogP contribution in [0.4, 0.5) is 14.5 Å². The van der Waals surface area contributed by atoms with Gasteiger partial charge < -0.3 is 30.3 Å². The van der Waals surface area contributed by atoms with Gasteiger partial charge in [-0.15, -0.1) is 0 Å². The van der Waals surface area contributed by atoms with E-state index in [-0.39, 0.29) is 80.7 Å². The molecule has 10 nitrogen and oxygen atoms in total. The first-order chi connectivity index (χ1) is 20.0. The monoisotopic (exact) mass is 584 g/mol.